The van der Waals surface area contributed by atoms with Crippen molar-refractivity contribution in [1.82, 2.24) is 0 Å². The third-order valence-electron chi connectivity index (χ3n) is 1.14. The van der Waals surface area contributed by atoms with Gasteiger partial charge in [-0.15, -0.1) is 11.6 Å². The molecule has 0 aliphatic heterocycles. The highest BCUT2D eigenvalue weighted by atomic mass is 35.7. The van der Waals surface area contributed by atoms with Gasteiger partial charge < -0.3 is 4.52 Å². The Balaban J connectivity index is 3.53. The number of hydrogen-bond donors (Lipinski definition) is 0. The predicted octanol–water partition coefficient (Wildman–Crippen LogP) is 3.59. The normalized spacial score (nSPS) is 16.3. The molecule has 5 heteroatoms. The van der Waals surface area contributed by atoms with Gasteiger partial charge in [-0.3, -0.25) is 0 Å². The van der Waals surface area contributed by atoms with E-state index in [1.165, 1.54) is 0 Å². The SMILES string of the molecule is CCCCP(=S)(Cl)OCCCl. The summed E-state index contributed by atoms with van der Waals surface area (Å²) in [6.45, 7) is 2.58. The third-order valence-corrected chi connectivity index (χ3v) is 4.38. The maximum atomic E-state index is 5.94. The molecule has 1 unspecified atom stereocenters. The summed E-state index contributed by atoms with van der Waals surface area (Å²) in [7, 11) is 0. The molecule has 0 radical (unpaired) electrons. The lowest BCUT2D eigenvalue weighted by Gasteiger charge is -2.12. The molecule has 0 aromatic heterocycles. The van der Waals surface area contributed by atoms with Crippen molar-refractivity contribution in [3.63, 3.8) is 0 Å². The highest BCUT2D eigenvalue weighted by molar-refractivity contribution is 8.24. The van der Waals surface area contributed by atoms with E-state index in [2.05, 4.69) is 6.92 Å². The molecule has 0 aliphatic carbocycles. The Bertz CT molecular complexity index is 131. The number of hydrogen-bond acceptors (Lipinski definition) is 2. The van der Waals surface area contributed by atoms with E-state index in [4.69, 9.17) is 39.2 Å². The fraction of sp³-hybridized carbons (Fsp3) is 1.00. The number of alkyl halides is 1. The summed E-state index contributed by atoms with van der Waals surface area (Å²) in [6, 6.07) is 0. The highest BCUT2D eigenvalue weighted by Gasteiger charge is 2.11. The fourth-order valence-corrected chi connectivity index (χ4v) is 3.13. The van der Waals surface area contributed by atoms with Crippen LogP contribution in [0.25, 0.3) is 0 Å². The largest absolute Gasteiger partial charge is 0.337 e. The molecular weight excluding hydrogens is 222 g/mol. The Labute approximate surface area is 83.3 Å². The molecule has 0 spiro atoms. The van der Waals surface area contributed by atoms with E-state index in [1.807, 2.05) is 0 Å². The van der Waals surface area contributed by atoms with Gasteiger partial charge in [-0.2, -0.15) is 0 Å². The number of halogens is 2. The first kappa shape index (κ1) is 12.2. The van der Waals surface area contributed by atoms with Crippen LogP contribution in [0, 0.1) is 0 Å². The van der Waals surface area contributed by atoms with Crippen LogP contribution < -0.4 is 0 Å². The molecule has 0 bridgehead atoms. The van der Waals surface area contributed by atoms with Gasteiger partial charge in [0.2, 0.25) is 0 Å². The van der Waals surface area contributed by atoms with Crippen molar-refractivity contribution in [3.05, 3.63) is 0 Å². The molecular formula is C6H13Cl2OPS. The van der Waals surface area contributed by atoms with Crippen molar-refractivity contribution in [1.29, 1.82) is 0 Å². The van der Waals surface area contributed by atoms with Gasteiger partial charge in [0.05, 0.1) is 6.61 Å². The van der Waals surface area contributed by atoms with Gasteiger partial charge in [0, 0.05) is 12.0 Å². The molecule has 11 heavy (non-hydrogen) atoms. The van der Waals surface area contributed by atoms with Crippen molar-refractivity contribution in [2.45, 2.75) is 19.8 Å². The van der Waals surface area contributed by atoms with Crippen molar-refractivity contribution in [2.24, 2.45) is 0 Å². The lowest BCUT2D eigenvalue weighted by Crippen LogP contribution is -1.93. The second kappa shape index (κ2) is 6.68. The van der Waals surface area contributed by atoms with E-state index in [-0.39, 0.29) is 0 Å². The Hall–Kier alpha value is 1.19. The van der Waals surface area contributed by atoms with E-state index >= 15 is 0 Å². The smallest absolute Gasteiger partial charge is 0.151 e. The molecule has 0 N–H and O–H groups in total. The number of unbranched alkanes of at least 4 members (excludes halogenated alkanes) is 1. The number of rotatable bonds is 6. The van der Waals surface area contributed by atoms with Gasteiger partial charge in [-0.1, -0.05) is 36.4 Å². The summed E-state index contributed by atoms with van der Waals surface area (Å²) < 4.78 is 5.24. The summed E-state index contributed by atoms with van der Waals surface area (Å²) in [5.74, 6) is 0.469. The molecule has 0 saturated carbocycles. The summed E-state index contributed by atoms with van der Waals surface area (Å²) in [5, 5.41) is 0. The monoisotopic (exact) mass is 234 g/mol. The molecule has 0 aromatic rings. The molecule has 0 saturated heterocycles. The van der Waals surface area contributed by atoms with Crippen molar-refractivity contribution in [2.75, 3.05) is 18.6 Å². The molecule has 0 amide bonds. The summed E-state index contributed by atoms with van der Waals surface area (Å²) in [6.07, 6.45) is 2.97. The average molecular weight is 235 g/mol. The van der Waals surface area contributed by atoms with Crippen molar-refractivity contribution in [3.8, 4) is 0 Å². The van der Waals surface area contributed by atoms with Gasteiger partial charge >= 0.3 is 0 Å². The lowest BCUT2D eigenvalue weighted by atomic mass is 10.4. The fourth-order valence-electron chi connectivity index (χ4n) is 0.582. The maximum absolute atomic E-state index is 5.94. The standard InChI is InChI=1S/C6H13Cl2OPS/c1-2-3-6-10(8,11)9-5-4-7/h2-6H2,1H3. The second-order valence-electron chi connectivity index (χ2n) is 2.19. The van der Waals surface area contributed by atoms with Crippen LogP contribution >= 0.6 is 28.5 Å². The molecule has 68 valence electrons. The molecule has 0 rings (SSSR count). The van der Waals surface area contributed by atoms with Crippen LogP contribution in [0.15, 0.2) is 0 Å². The molecule has 1 atom stereocenters. The van der Waals surface area contributed by atoms with E-state index in [9.17, 15) is 0 Å². The Morgan fingerprint density at radius 3 is 2.64 bits per heavy atom. The van der Waals surface area contributed by atoms with E-state index in [0.29, 0.717) is 12.5 Å². The summed E-state index contributed by atoms with van der Waals surface area (Å²) in [4.78, 5) is 0. The van der Waals surface area contributed by atoms with Crippen LogP contribution in [0.5, 0.6) is 0 Å². The van der Waals surface area contributed by atoms with Gasteiger partial charge in [0.1, 0.15) is 0 Å². The molecule has 0 fully saturated rings. The first-order chi connectivity index (χ1) is 5.12. The first-order valence-electron chi connectivity index (χ1n) is 3.61. The van der Waals surface area contributed by atoms with Crippen LogP contribution in [0.4, 0.5) is 0 Å². The zero-order chi connectivity index (χ0) is 8.74. The molecule has 0 aliphatic rings. The van der Waals surface area contributed by atoms with Crippen molar-refractivity contribution < 1.29 is 4.52 Å². The van der Waals surface area contributed by atoms with E-state index < -0.39 is 5.62 Å². The van der Waals surface area contributed by atoms with E-state index in [0.717, 1.165) is 19.0 Å². The van der Waals surface area contributed by atoms with Crippen LogP contribution in [-0.2, 0) is 16.3 Å². The van der Waals surface area contributed by atoms with Crippen LogP contribution in [0.2, 0.25) is 0 Å². The van der Waals surface area contributed by atoms with Crippen LogP contribution in [0.3, 0.4) is 0 Å². The van der Waals surface area contributed by atoms with Crippen molar-refractivity contribution >= 4 is 40.3 Å². The first-order valence-corrected chi connectivity index (χ1v) is 7.96. The lowest BCUT2D eigenvalue weighted by molar-refractivity contribution is 0.386. The summed E-state index contributed by atoms with van der Waals surface area (Å²) >= 11 is 16.4. The highest BCUT2D eigenvalue weighted by Crippen LogP contribution is 2.53. The second-order valence-corrected chi connectivity index (χ2v) is 8.46. The molecule has 0 aromatic carbocycles. The van der Waals surface area contributed by atoms with Gasteiger partial charge in [-0.05, 0) is 6.42 Å². The molecule has 1 nitrogen and oxygen atoms in total. The zero-order valence-corrected chi connectivity index (χ0v) is 9.78. The minimum Gasteiger partial charge on any atom is -0.337 e. The summed E-state index contributed by atoms with van der Waals surface area (Å²) in [5.41, 5.74) is -2.00. The minimum atomic E-state index is -2.00. The maximum Gasteiger partial charge on any atom is 0.151 e. The minimum absolute atomic E-state index is 0.469. The topological polar surface area (TPSA) is 9.23 Å². The van der Waals surface area contributed by atoms with Crippen LogP contribution in [-0.4, -0.2) is 18.6 Å². The third kappa shape index (κ3) is 7.55. The zero-order valence-electron chi connectivity index (χ0n) is 6.56. The van der Waals surface area contributed by atoms with E-state index in [1.54, 1.807) is 0 Å². The van der Waals surface area contributed by atoms with Gasteiger partial charge in [0.25, 0.3) is 0 Å². The average Bonchev–Trinajstić information content (AvgIpc) is 1.97. The Kier molecular flexibility index (Phi) is 7.40. The van der Waals surface area contributed by atoms with Crippen LogP contribution in [0.1, 0.15) is 19.8 Å². The van der Waals surface area contributed by atoms with Gasteiger partial charge in [0.15, 0.2) is 5.62 Å². The predicted molar refractivity (Wildman–Crippen MR) is 56.6 cm³/mol. The molecule has 0 heterocycles. The van der Waals surface area contributed by atoms with Gasteiger partial charge in [-0.25, -0.2) is 0 Å². The quantitative estimate of drug-likeness (QED) is 0.514. The Morgan fingerprint density at radius 2 is 2.18 bits per heavy atom. The Morgan fingerprint density at radius 1 is 1.55 bits per heavy atom.